The number of nitrogen functional groups attached to an aromatic ring is 1. The molecule has 0 bridgehead atoms. The van der Waals surface area contributed by atoms with E-state index in [0.29, 0.717) is 18.9 Å². The molecule has 0 unspecified atom stereocenters. The Morgan fingerprint density at radius 3 is 2.50 bits per heavy atom. The zero-order chi connectivity index (χ0) is 20.7. The van der Waals surface area contributed by atoms with Crippen LogP contribution in [-0.4, -0.2) is 44.2 Å². The molecule has 0 spiro atoms. The Balaban J connectivity index is 1.65. The maximum absolute atomic E-state index is 12.7. The summed E-state index contributed by atoms with van der Waals surface area (Å²) >= 11 is 2.28. The van der Waals surface area contributed by atoms with Crippen LogP contribution >= 0.6 is 22.6 Å². The summed E-state index contributed by atoms with van der Waals surface area (Å²) in [6.45, 7) is 11.8. The largest absolute Gasteiger partial charge is 0.443 e. The van der Waals surface area contributed by atoms with E-state index in [0.717, 1.165) is 33.9 Å². The fraction of sp³-hybridized carbons (Fsp3) is 0.650. The summed E-state index contributed by atoms with van der Waals surface area (Å²) in [5.74, 6) is 0.509. The number of carbonyl (C=O) groups excluding carboxylic acids is 1. The number of carbonyl (C=O) groups is 1. The van der Waals surface area contributed by atoms with Crippen molar-refractivity contribution in [2.45, 2.75) is 65.5 Å². The second kappa shape index (κ2) is 7.68. The van der Waals surface area contributed by atoms with E-state index < -0.39 is 5.60 Å². The highest BCUT2D eigenvalue weighted by Gasteiger charge is 2.33. The van der Waals surface area contributed by atoms with E-state index in [1.54, 1.807) is 0 Å². The van der Waals surface area contributed by atoms with Gasteiger partial charge in [0.1, 0.15) is 23.4 Å². The molecule has 2 aromatic rings. The van der Waals surface area contributed by atoms with Gasteiger partial charge in [-0.15, -0.1) is 0 Å². The molecule has 0 saturated carbocycles. The lowest BCUT2D eigenvalue weighted by molar-refractivity contribution is -0.0135. The summed E-state index contributed by atoms with van der Waals surface area (Å²) in [5, 5.41) is 0.911. The van der Waals surface area contributed by atoms with Crippen LogP contribution in [0.1, 0.15) is 59.9 Å². The summed E-state index contributed by atoms with van der Waals surface area (Å²) in [4.78, 5) is 23.0. The molecule has 2 aromatic heterocycles. The Kier molecular flexibility index (Phi) is 5.80. The minimum atomic E-state index is -0.479. The number of nitrogens with two attached hydrogens (primary N) is 1. The number of hydrogen-bond acceptors (Lipinski definition) is 5. The van der Waals surface area contributed by atoms with Crippen LogP contribution in [-0.2, 0) is 4.74 Å². The summed E-state index contributed by atoms with van der Waals surface area (Å²) in [7, 11) is 0. The van der Waals surface area contributed by atoms with Crippen molar-refractivity contribution in [3.63, 3.8) is 0 Å². The van der Waals surface area contributed by atoms with E-state index in [9.17, 15) is 4.79 Å². The monoisotopic (exact) mass is 499 g/mol. The topological polar surface area (TPSA) is 86.3 Å². The SMILES string of the molecule is CC(C)(C)CC(C)(C)OC(=O)N1CCC(n2cc(I)c3c(N)ncnc32)CC1. The molecular weight excluding hydrogens is 469 g/mol. The Hall–Kier alpha value is -1.58. The number of aromatic nitrogens is 3. The van der Waals surface area contributed by atoms with Gasteiger partial charge >= 0.3 is 6.09 Å². The van der Waals surface area contributed by atoms with Crippen LogP contribution in [0.15, 0.2) is 12.5 Å². The highest BCUT2D eigenvalue weighted by molar-refractivity contribution is 14.1. The number of halogens is 1. The molecule has 1 aliphatic rings. The standard InChI is InChI=1S/C20H30IN5O2/c1-19(2,3)11-20(4,5)28-18(27)25-8-6-13(7-9-25)26-10-14(21)15-16(22)23-12-24-17(15)26/h10,12-13H,6-9,11H2,1-5H3,(H2,22,23,24). The molecule has 3 heterocycles. The first-order valence-electron chi connectivity index (χ1n) is 9.71. The Labute approximate surface area is 180 Å². The third-order valence-corrected chi connectivity index (χ3v) is 5.85. The lowest BCUT2D eigenvalue weighted by Gasteiger charge is -2.37. The third kappa shape index (κ3) is 4.69. The molecule has 28 heavy (non-hydrogen) atoms. The maximum atomic E-state index is 12.7. The summed E-state index contributed by atoms with van der Waals surface area (Å²) in [6, 6.07) is 0.284. The minimum absolute atomic E-state index is 0.104. The molecule has 0 atom stereocenters. The molecule has 0 radical (unpaired) electrons. The van der Waals surface area contributed by atoms with Gasteiger partial charge in [-0.25, -0.2) is 14.8 Å². The van der Waals surface area contributed by atoms with Gasteiger partial charge in [-0.1, -0.05) is 20.8 Å². The first-order chi connectivity index (χ1) is 13.0. The van der Waals surface area contributed by atoms with E-state index >= 15 is 0 Å². The van der Waals surface area contributed by atoms with E-state index in [1.807, 2.05) is 18.7 Å². The van der Waals surface area contributed by atoms with Crippen LogP contribution in [0.25, 0.3) is 11.0 Å². The number of likely N-dealkylation sites (tertiary alicyclic amines) is 1. The molecule has 0 aliphatic carbocycles. The maximum Gasteiger partial charge on any atom is 0.410 e. The quantitative estimate of drug-likeness (QED) is 0.624. The predicted octanol–water partition coefficient (Wildman–Crippen LogP) is 4.61. The zero-order valence-electron chi connectivity index (χ0n) is 17.3. The number of anilines is 1. The first-order valence-corrected chi connectivity index (χ1v) is 10.8. The van der Waals surface area contributed by atoms with E-state index in [4.69, 9.17) is 10.5 Å². The Morgan fingerprint density at radius 1 is 1.25 bits per heavy atom. The van der Waals surface area contributed by atoms with Crippen molar-refractivity contribution in [2.24, 2.45) is 5.41 Å². The molecule has 1 amide bonds. The van der Waals surface area contributed by atoms with E-state index in [1.165, 1.54) is 6.33 Å². The second-order valence-electron chi connectivity index (χ2n) is 9.43. The fourth-order valence-electron chi connectivity index (χ4n) is 4.28. The van der Waals surface area contributed by atoms with Crippen molar-refractivity contribution in [1.82, 2.24) is 19.4 Å². The van der Waals surface area contributed by atoms with Crippen LogP contribution in [0.3, 0.4) is 0 Å². The molecule has 0 aromatic carbocycles. The van der Waals surface area contributed by atoms with Crippen LogP contribution < -0.4 is 5.73 Å². The van der Waals surface area contributed by atoms with Crippen molar-refractivity contribution in [2.75, 3.05) is 18.8 Å². The van der Waals surface area contributed by atoms with Gasteiger partial charge in [0, 0.05) is 28.9 Å². The van der Waals surface area contributed by atoms with Crippen molar-refractivity contribution in [1.29, 1.82) is 0 Å². The Morgan fingerprint density at radius 2 is 1.89 bits per heavy atom. The first kappa shape index (κ1) is 21.1. The molecule has 3 rings (SSSR count). The average molecular weight is 499 g/mol. The molecule has 2 N–H and O–H groups in total. The number of piperidine rings is 1. The van der Waals surface area contributed by atoms with Gasteiger partial charge in [0.25, 0.3) is 0 Å². The lowest BCUT2D eigenvalue weighted by Crippen LogP contribution is -2.43. The number of hydrogen-bond donors (Lipinski definition) is 1. The normalized spacial score (nSPS) is 16.6. The molecule has 1 aliphatic heterocycles. The zero-order valence-corrected chi connectivity index (χ0v) is 19.5. The van der Waals surface area contributed by atoms with Gasteiger partial charge in [-0.05, 0) is 61.1 Å². The van der Waals surface area contributed by atoms with Crippen molar-refractivity contribution in [3.8, 4) is 0 Å². The average Bonchev–Trinajstić information content (AvgIpc) is 2.90. The van der Waals surface area contributed by atoms with Crippen molar-refractivity contribution < 1.29 is 9.53 Å². The number of rotatable bonds is 3. The van der Waals surface area contributed by atoms with Gasteiger partial charge < -0.3 is 19.9 Å². The van der Waals surface area contributed by atoms with Gasteiger partial charge in [0.05, 0.1) is 5.39 Å². The van der Waals surface area contributed by atoms with Gasteiger partial charge in [-0.3, -0.25) is 0 Å². The van der Waals surface area contributed by atoms with Gasteiger partial charge in [0.2, 0.25) is 0 Å². The van der Waals surface area contributed by atoms with Crippen LogP contribution in [0.2, 0.25) is 0 Å². The van der Waals surface area contributed by atoms with Crippen molar-refractivity contribution in [3.05, 3.63) is 16.1 Å². The lowest BCUT2D eigenvalue weighted by atomic mass is 9.84. The number of fused-ring (bicyclic) bond motifs is 1. The smallest absolute Gasteiger partial charge is 0.410 e. The molecular formula is C20H30IN5O2. The third-order valence-electron chi connectivity index (χ3n) is 5.03. The highest BCUT2D eigenvalue weighted by atomic mass is 127. The van der Waals surface area contributed by atoms with Crippen molar-refractivity contribution >= 4 is 45.5 Å². The summed E-state index contributed by atoms with van der Waals surface area (Å²) in [6.07, 6.45) is 5.91. The molecule has 154 valence electrons. The minimum Gasteiger partial charge on any atom is -0.443 e. The molecule has 1 saturated heterocycles. The number of amides is 1. The fourth-order valence-corrected chi connectivity index (χ4v) is 5.10. The summed E-state index contributed by atoms with van der Waals surface area (Å²) < 4.78 is 9.06. The summed E-state index contributed by atoms with van der Waals surface area (Å²) in [5.41, 5.74) is 6.52. The number of nitrogens with zero attached hydrogens (tertiary/aromatic N) is 4. The molecule has 7 nitrogen and oxygen atoms in total. The Bertz CT molecular complexity index is 863. The van der Waals surface area contributed by atoms with Crippen LogP contribution in [0, 0.1) is 8.99 Å². The van der Waals surface area contributed by atoms with E-state index in [-0.39, 0.29) is 17.6 Å². The predicted molar refractivity (Wildman–Crippen MR) is 119 cm³/mol. The van der Waals surface area contributed by atoms with Gasteiger partial charge in [0.15, 0.2) is 0 Å². The molecule has 1 fully saturated rings. The second-order valence-corrected chi connectivity index (χ2v) is 10.6. The molecule has 8 heteroatoms. The number of ether oxygens (including phenoxy) is 1. The van der Waals surface area contributed by atoms with Crippen LogP contribution in [0.5, 0.6) is 0 Å². The van der Waals surface area contributed by atoms with Crippen LogP contribution in [0.4, 0.5) is 10.6 Å². The highest BCUT2D eigenvalue weighted by Crippen LogP contribution is 2.33. The van der Waals surface area contributed by atoms with E-state index in [2.05, 4.69) is 64.1 Å². The van der Waals surface area contributed by atoms with Gasteiger partial charge in [-0.2, -0.15) is 0 Å².